The fourth-order valence-electron chi connectivity index (χ4n) is 0.931. The normalized spacial score (nSPS) is 11.0. The molecular weight excluding hydrogens is 160 g/mol. The van der Waals surface area contributed by atoms with E-state index in [2.05, 4.69) is 26.0 Å². The van der Waals surface area contributed by atoms with Crippen LogP contribution in [0.25, 0.3) is 0 Å². The minimum absolute atomic E-state index is 0.552. The SMILES string of the molecule is CC(C)C=COCc1ccccc1. The number of allylic oxidation sites excluding steroid dienone is 1. The van der Waals surface area contributed by atoms with Gasteiger partial charge in [0.05, 0.1) is 6.26 Å². The van der Waals surface area contributed by atoms with E-state index in [1.165, 1.54) is 5.56 Å². The number of rotatable bonds is 4. The molecule has 0 saturated heterocycles. The standard InChI is InChI=1S/C12H16O/c1-11(2)8-9-13-10-12-6-4-3-5-7-12/h3-9,11H,10H2,1-2H3. The van der Waals surface area contributed by atoms with E-state index in [1.54, 1.807) is 6.26 Å². The predicted octanol–water partition coefficient (Wildman–Crippen LogP) is 3.37. The van der Waals surface area contributed by atoms with E-state index in [0.29, 0.717) is 12.5 Å². The first kappa shape index (κ1) is 9.85. The summed E-state index contributed by atoms with van der Waals surface area (Å²) < 4.78 is 5.35. The van der Waals surface area contributed by atoms with Crippen LogP contribution in [0.5, 0.6) is 0 Å². The van der Waals surface area contributed by atoms with Crippen molar-refractivity contribution in [2.24, 2.45) is 5.92 Å². The molecule has 13 heavy (non-hydrogen) atoms. The van der Waals surface area contributed by atoms with Gasteiger partial charge in [-0.05, 0) is 17.6 Å². The lowest BCUT2D eigenvalue weighted by Crippen LogP contribution is -1.86. The molecule has 0 unspecified atom stereocenters. The third kappa shape index (κ3) is 4.36. The quantitative estimate of drug-likeness (QED) is 0.639. The van der Waals surface area contributed by atoms with Crippen LogP contribution >= 0.6 is 0 Å². The highest BCUT2D eigenvalue weighted by atomic mass is 16.5. The Hall–Kier alpha value is -1.24. The van der Waals surface area contributed by atoms with Crippen molar-refractivity contribution in [3.05, 3.63) is 48.2 Å². The van der Waals surface area contributed by atoms with E-state index in [-0.39, 0.29) is 0 Å². The molecular formula is C12H16O. The monoisotopic (exact) mass is 176 g/mol. The van der Waals surface area contributed by atoms with Crippen LogP contribution in [0.1, 0.15) is 19.4 Å². The van der Waals surface area contributed by atoms with Crippen LogP contribution in [0.3, 0.4) is 0 Å². The second kappa shape index (κ2) is 5.41. The van der Waals surface area contributed by atoms with E-state index in [9.17, 15) is 0 Å². The van der Waals surface area contributed by atoms with Gasteiger partial charge in [0.15, 0.2) is 0 Å². The Kier molecular flexibility index (Phi) is 4.10. The molecule has 0 aliphatic carbocycles. The van der Waals surface area contributed by atoms with Gasteiger partial charge in [-0.25, -0.2) is 0 Å². The average molecular weight is 176 g/mol. The molecule has 0 spiro atoms. The number of hydrogen-bond acceptors (Lipinski definition) is 1. The van der Waals surface area contributed by atoms with Crippen LogP contribution in [0.4, 0.5) is 0 Å². The van der Waals surface area contributed by atoms with Crippen molar-refractivity contribution in [1.82, 2.24) is 0 Å². The summed E-state index contributed by atoms with van der Waals surface area (Å²) in [5.41, 5.74) is 1.20. The van der Waals surface area contributed by atoms with Crippen LogP contribution in [-0.2, 0) is 11.3 Å². The van der Waals surface area contributed by atoms with Crippen molar-refractivity contribution >= 4 is 0 Å². The topological polar surface area (TPSA) is 9.23 Å². The van der Waals surface area contributed by atoms with Gasteiger partial charge in [-0.3, -0.25) is 0 Å². The van der Waals surface area contributed by atoms with Crippen molar-refractivity contribution in [1.29, 1.82) is 0 Å². The molecule has 0 heterocycles. The Morgan fingerprint density at radius 1 is 1.23 bits per heavy atom. The summed E-state index contributed by atoms with van der Waals surface area (Å²) in [4.78, 5) is 0. The molecule has 0 aliphatic heterocycles. The second-order valence-electron chi connectivity index (χ2n) is 3.37. The van der Waals surface area contributed by atoms with Crippen molar-refractivity contribution < 1.29 is 4.74 Å². The minimum atomic E-state index is 0.552. The van der Waals surface area contributed by atoms with Crippen LogP contribution in [-0.4, -0.2) is 0 Å². The number of ether oxygens (including phenoxy) is 1. The van der Waals surface area contributed by atoms with Crippen molar-refractivity contribution in [2.75, 3.05) is 0 Å². The largest absolute Gasteiger partial charge is 0.497 e. The molecule has 0 saturated carbocycles. The Labute approximate surface area is 80.0 Å². The number of hydrogen-bond donors (Lipinski definition) is 0. The van der Waals surface area contributed by atoms with E-state index >= 15 is 0 Å². The first-order chi connectivity index (χ1) is 6.29. The van der Waals surface area contributed by atoms with Gasteiger partial charge in [-0.15, -0.1) is 0 Å². The van der Waals surface area contributed by atoms with Crippen LogP contribution in [0, 0.1) is 5.92 Å². The van der Waals surface area contributed by atoms with Crippen LogP contribution in [0.15, 0.2) is 42.7 Å². The zero-order valence-corrected chi connectivity index (χ0v) is 8.23. The molecule has 0 fully saturated rings. The highest BCUT2D eigenvalue weighted by Crippen LogP contribution is 2.01. The van der Waals surface area contributed by atoms with E-state index in [1.807, 2.05) is 24.3 Å². The van der Waals surface area contributed by atoms with Crippen molar-refractivity contribution in [3.8, 4) is 0 Å². The molecule has 0 atom stereocenters. The predicted molar refractivity (Wildman–Crippen MR) is 55.2 cm³/mol. The van der Waals surface area contributed by atoms with Gasteiger partial charge in [0.1, 0.15) is 6.61 Å². The lowest BCUT2D eigenvalue weighted by Gasteiger charge is -2.00. The Bertz CT molecular complexity index is 249. The van der Waals surface area contributed by atoms with E-state index in [4.69, 9.17) is 4.74 Å². The van der Waals surface area contributed by atoms with E-state index < -0.39 is 0 Å². The molecule has 0 N–H and O–H groups in total. The smallest absolute Gasteiger partial charge is 0.112 e. The lowest BCUT2D eigenvalue weighted by atomic mass is 10.2. The Morgan fingerprint density at radius 2 is 1.92 bits per heavy atom. The molecule has 0 bridgehead atoms. The third-order valence-corrected chi connectivity index (χ3v) is 1.65. The zero-order valence-electron chi connectivity index (χ0n) is 8.23. The summed E-state index contributed by atoms with van der Waals surface area (Å²) in [5.74, 6) is 0.552. The third-order valence-electron chi connectivity index (χ3n) is 1.65. The van der Waals surface area contributed by atoms with Gasteiger partial charge in [0.2, 0.25) is 0 Å². The van der Waals surface area contributed by atoms with Gasteiger partial charge >= 0.3 is 0 Å². The molecule has 1 heteroatoms. The van der Waals surface area contributed by atoms with E-state index in [0.717, 1.165) is 0 Å². The molecule has 1 nitrogen and oxygen atoms in total. The Balaban J connectivity index is 2.28. The molecule has 70 valence electrons. The highest BCUT2D eigenvalue weighted by Gasteiger charge is 1.88. The van der Waals surface area contributed by atoms with Crippen LogP contribution in [0.2, 0.25) is 0 Å². The van der Waals surface area contributed by atoms with Gasteiger partial charge in [-0.1, -0.05) is 44.2 Å². The molecule has 0 amide bonds. The summed E-state index contributed by atoms with van der Waals surface area (Å²) in [6.07, 6.45) is 3.82. The van der Waals surface area contributed by atoms with Crippen molar-refractivity contribution in [3.63, 3.8) is 0 Å². The number of benzene rings is 1. The molecule has 1 aromatic carbocycles. The highest BCUT2D eigenvalue weighted by molar-refractivity contribution is 5.13. The minimum Gasteiger partial charge on any atom is -0.497 e. The summed E-state index contributed by atoms with van der Waals surface area (Å²) >= 11 is 0. The zero-order chi connectivity index (χ0) is 9.52. The fourth-order valence-corrected chi connectivity index (χ4v) is 0.931. The van der Waals surface area contributed by atoms with Gasteiger partial charge < -0.3 is 4.74 Å². The maximum absolute atomic E-state index is 5.35. The molecule has 1 aromatic rings. The molecule has 0 aliphatic rings. The summed E-state index contributed by atoms with van der Waals surface area (Å²) in [6, 6.07) is 10.2. The summed E-state index contributed by atoms with van der Waals surface area (Å²) in [6.45, 7) is 4.91. The maximum atomic E-state index is 5.35. The molecule has 0 radical (unpaired) electrons. The van der Waals surface area contributed by atoms with Crippen LogP contribution < -0.4 is 0 Å². The Morgan fingerprint density at radius 3 is 2.54 bits per heavy atom. The van der Waals surface area contributed by atoms with Gasteiger partial charge in [0, 0.05) is 0 Å². The van der Waals surface area contributed by atoms with Gasteiger partial charge in [-0.2, -0.15) is 0 Å². The lowest BCUT2D eigenvalue weighted by molar-refractivity contribution is 0.234. The van der Waals surface area contributed by atoms with Gasteiger partial charge in [0.25, 0.3) is 0 Å². The first-order valence-corrected chi connectivity index (χ1v) is 4.61. The fraction of sp³-hybridized carbons (Fsp3) is 0.333. The first-order valence-electron chi connectivity index (χ1n) is 4.61. The molecule has 0 aromatic heterocycles. The molecule has 1 rings (SSSR count). The maximum Gasteiger partial charge on any atom is 0.112 e. The summed E-state index contributed by atoms with van der Waals surface area (Å²) in [7, 11) is 0. The summed E-state index contributed by atoms with van der Waals surface area (Å²) in [5, 5.41) is 0. The second-order valence-corrected chi connectivity index (χ2v) is 3.37. The van der Waals surface area contributed by atoms with Crippen molar-refractivity contribution in [2.45, 2.75) is 20.5 Å². The average Bonchev–Trinajstić information content (AvgIpc) is 2.14.